The standard InChI is InChI=1S/C17H13BrO3/c1-20-13-6-7-14-15(19)9-16(21-17(14)8-13)12-4-2-11(10-18)3-5-12/h2-9H,10H2,1H3. The Labute approximate surface area is 130 Å². The van der Waals surface area contributed by atoms with Crippen LogP contribution in [0.3, 0.4) is 0 Å². The van der Waals surface area contributed by atoms with Crippen molar-refractivity contribution in [2.75, 3.05) is 7.11 Å². The van der Waals surface area contributed by atoms with Crippen LogP contribution in [0.5, 0.6) is 5.75 Å². The van der Waals surface area contributed by atoms with Crippen LogP contribution in [0.4, 0.5) is 0 Å². The van der Waals surface area contributed by atoms with E-state index >= 15 is 0 Å². The molecule has 0 atom stereocenters. The SMILES string of the molecule is COc1ccc2c(=O)cc(-c3ccc(CBr)cc3)oc2c1. The van der Waals surface area contributed by atoms with E-state index < -0.39 is 0 Å². The molecule has 2 aromatic carbocycles. The Bertz CT molecular complexity index is 835. The van der Waals surface area contributed by atoms with Crippen LogP contribution in [0.2, 0.25) is 0 Å². The summed E-state index contributed by atoms with van der Waals surface area (Å²) in [5.74, 6) is 1.22. The number of alkyl halides is 1. The second kappa shape index (κ2) is 5.74. The number of benzene rings is 2. The van der Waals surface area contributed by atoms with Crippen LogP contribution in [-0.4, -0.2) is 7.11 Å². The monoisotopic (exact) mass is 344 g/mol. The fraction of sp³-hybridized carbons (Fsp3) is 0.118. The maximum atomic E-state index is 12.2. The van der Waals surface area contributed by atoms with Gasteiger partial charge in [0.2, 0.25) is 0 Å². The Morgan fingerprint density at radius 1 is 1.10 bits per heavy atom. The Morgan fingerprint density at radius 3 is 2.52 bits per heavy atom. The zero-order valence-electron chi connectivity index (χ0n) is 11.4. The van der Waals surface area contributed by atoms with E-state index in [9.17, 15) is 4.79 Å². The van der Waals surface area contributed by atoms with E-state index in [1.54, 1.807) is 25.3 Å². The van der Waals surface area contributed by atoms with Gasteiger partial charge < -0.3 is 9.15 Å². The number of fused-ring (bicyclic) bond motifs is 1. The first kappa shape index (κ1) is 13.9. The van der Waals surface area contributed by atoms with Crippen LogP contribution in [0, 0.1) is 0 Å². The molecule has 0 saturated carbocycles. The van der Waals surface area contributed by atoms with Crippen molar-refractivity contribution in [1.82, 2.24) is 0 Å². The van der Waals surface area contributed by atoms with E-state index in [1.807, 2.05) is 24.3 Å². The quantitative estimate of drug-likeness (QED) is 0.662. The lowest BCUT2D eigenvalue weighted by Crippen LogP contribution is -2.00. The maximum absolute atomic E-state index is 12.2. The number of hydrogen-bond donors (Lipinski definition) is 0. The molecule has 0 amide bonds. The van der Waals surface area contributed by atoms with Gasteiger partial charge in [-0.15, -0.1) is 0 Å². The van der Waals surface area contributed by atoms with Crippen molar-refractivity contribution in [3.05, 3.63) is 64.3 Å². The van der Waals surface area contributed by atoms with Crippen molar-refractivity contribution in [3.63, 3.8) is 0 Å². The zero-order chi connectivity index (χ0) is 14.8. The number of hydrogen-bond acceptors (Lipinski definition) is 3. The highest BCUT2D eigenvalue weighted by molar-refractivity contribution is 9.08. The van der Waals surface area contributed by atoms with Crippen LogP contribution >= 0.6 is 15.9 Å². The molecule has 106 valence electrons. The molecule has 0 bridgehead atoms. The second-order valence-corrected chi connectivity index (χ2v) is 5.23. The highest BCUT2D eigenvalue weighted by Crippen LogP contribution is 2.25. The van der Waals surface area contributed by atoms with Crippen molar-refractivity contribution in [3.8, 4) is 17.1 Å². The van der Waals surface area contributed by atoms with Crippen LogP contribution in [0.1, 0.15) is 5.56 Å². The molecule has 0 aliphatic rings. The third kappa shape index (κ3) is 2.72. The van der Waals surface area contributed by atoms with Gasteiger partial charge in [-0.25, -0.2) is 0 Å². The lowest BCUT2D eigenvalue weighted by Gasteiger charge is -2.05. The molecule has 0 radical (unpaired) electrons. The fourth-order valence-electron chi connectivity index (χ4n) is 2.16. The molecule has 0 spiro atoms. The van der Waals surface area contributed by atoms with Crippen molar-refractivity contribution in [2.45, 2.75) is 5.33 Å². The van der Waals surface area contributed by atoms with Gasteiger partial charge in [-0.2, -0.15) is 0 Å². The van der Waals surface area contributed by atoms with Crippen LogP contribution in [0.25, 0.3) is 22.3 Å². The van der Waals surface area contributed by atoms with Crippen LogP contribution in [0.15, 0.2) is 57.7 Å². The van der Waals surface area contributed by atoms with E-state index in [0.717, 1.165) is 10.9 Å². The average Bonchev–Trinajstić information content (AvgIpc) is 2.54. The molecule has 0 saturated heterocycles. The summed E-state index contributed by atoms with van der Waals surface area (Å²) in [5.41, 5.74) is 2.52. The van der Waals surface area contributed by atoms with Gasteiger partial charge in [0.05, 0.1) is 12.5 Å². The lowest BCUT2D eigenvalue weighted by atomic mass is 10.1. The van der Waals surface area contributed by atoms with Crippen molar-refractivity contribution in [2.24, 2.45) is 0 Å². The second-order valence-electron chi connectivity index (χ2n) is 4.67. The molecule has 3 aromatic rings. The van der Waals surface area contributed by atoms with Crippen molar-refractivity contribution >= 4 is 26.9 Å². The van der Waals surface area contributed by atoms with Gasteiger partial charge in [0.1, 0.15) is 17.1 Å². The number of ether oxygens (including phenoxy) is 1. The molecule has 0 N–H and O–H groups in total. The molecular weight excluding hydrogens is 332 g/mol. The molecule has 1 heterocycles. The highest BCUT2D eigenvalue weighted by atomic mass is 79.9. The Balaban J connectivity index is 2.15. The number of rotatable bonds is 3. The van der Waals surface area contributed by atoms with Gasteiger partial charge >= 0.3 is 0 Å². The van der Waals surface area contributed by atoms with E-state index in [1.165, 1.54) is 11.6 Å². The minimum absolute atomic E-state index is 0.0570. The van der Waals surface area contributed by atoms with E-state index in [0.29, 0.717) is 22.5 Å². The predicted octanol–water partition coefficient (Wildman–Crippen LogP) is 4.36. The van der Waals surface area contributed by atoms with E-state index in [-0.39, 0.29) is 5.43 Å². The minimum atomic E-state index is -0.0570. The molecule has 3 nitrogen and oxygen atoms in total. The van der Waals surface area contributed by atoms with Gasteiger partial charge in [0.15, 0.2) is 5.43 Å². The molecule has 3 rings (SSSR count). The van der Waals surface area contributed by atoms with E-state index in [2.05, 4.69) is 15.9 Å². The smallest absolute Gasteiger partial charge is 0.193 e. The molecular formula is C17H13BrO3. The fourth-order valence-corrected chi connectivity index (χ4v) is 2.54. The molecule has 0 aliphatic heterocycles. The molecule has 21 heavy (non-hydrogen) atoms. The molecule has 0 fully saturated rings. The summed E-state index contributed by atoms with van der Waals surface area (Å²) in [5, 5.41) is 1.35. The summed E-state index contributed by atoms with van der Waals surface area (Å²) in [7, 11) is 1.59. The third-order valence-corrected chi connectivity index (χ3v) is 3.98. The Morgan fingerprint density at radius 2 is 1.86 bits per heavy atom. The minimum Gasteiger partial charge on any atom is -0.497 e. The summed E-state index contributed by atoms with van der Waals surface area (Å²) in [6.45, 7) is 0. The molecule has 4 heteroatoms. The normalized spacial score (nSPS) is 10.8. The zero-order valence-corrected chi connectivity index (χ0v) is 13.0. The molecule has 1 aromatic heterocycles. The van der Waals surface area contributed by atoms with Gasteiger partial charge in [0, 0.05) is 23.0 Å². The molecule has 0 aliphatic carbocycles. The predicted molar refractivity (Wildman–Crippen MR) is 87.1 cm³/mol. The van der Waals surface area contributed by atoms with Gasteiger partial charge in [0.25, 0.3) is 0 Å². The first-order valence-corrected chi connectivity index (χ1v) is 7.60. The largest absolute Gasteiger partial charge is 0.497 e. The van der Waals surface area contributed by atoms with Gasteiger partial charge in [-0.05, 0) is 17.7 Å². The van der Waals surface area contributed by atoms with Crippen LogP contribution < -0.4 is 10.2 Å². The maximum Gasteiger partial charge on any atom is 0.193 e. The van der Waals surface area contributed by atoms with E-state index in [4.69, 9.17) is 9.15 Å². The third-order valence-electron chi connectivity index (χ3n) is 3.33. The Kier molecular flexibility index (Phi) is 3.80. The summed E-state index contributed by atoms with van der Waals surface area (Å²) in [6.07, 6.45) is 0. The van der Waals surface area contributed by atoms with Gasteiger partial charge in [-0.3, -0.25) is 4.79 Å². The van der Waals surface area contributed by atoms with Crippen LogP contribution in [-0.2, 0) is 5.33 Å². The summed E-state index contributed by atoms with van der Waals surface area (Å²) in [6, 6.07) is 14.6. The first-order chi connectivity index (χ1) is 10.2. The average molecular weight is 345 g/mol. The Hall–Kier alpha value is -2.07. The van der Waals surface area contributed by atoms with Gasteiger partial charge in [-0.1, -0.05) is 40.2 Å². The first-order valence-electron chi connectivity index (χ1n) is 6.48. The number of methoxy groups -OCH3 is 1. The summed E-state index contributed by atoms with van der Waals surface area (Å²) in [4.78, 5) is 12.2. The highest BCUT2D eigenvalue weighted by Gasteiger charge is 2.08. The number of halogens is 1. The van der Waals surface area contributed by atoms with Crippen molar-refractivity contribution in [1.29, 1.82) is 0 Å². The summed E-state index contributed by atoms with van der Waals surface area (Å²) >= 11 is 3.41. The van der Waals surface area contributed by atoms with Crippen molar-refractivity contribution < 1.29 is 9.15 Å². The summed E-state index contributed by atoms with van der Waals surface area (Å²) < 4.78 is 11.0. The molecule has 0 unspecified atom stereocenters. The lowest BCUT2D eigenvalue weighted by molar-refractivity contribution is 0.414. The topological polar surface area (TPSA) is 39.4 Å².